The molecule has 0 saturated carbocycles. The van der Waals surface area contributed by atoms with E-state index in [1.807, 2.05) is 0 Å². The molecule has 1 heterocycles. The molecular formula is C12H17N3O3. The minimum Gasteiger partial charge on any atom is -0.466 e. The maximum Gasteiger partial charge on any atom is 0.307 e. The van der Waals surface area contributed by atoms with Crippen molar-refractivity contribution in [3.8, 4) is 0 Å². The molecular weight excluding hydrogens is 234 g/mol. The molecule has 0 aliphatic rings. The minimum atomic E-state index is -0.246. The molecule has 6 heteroatoms. The average Bonchev–Trinajstić information content (AvgIpc) is 2.38. The van der Waals surface area contributed by atoms with Crippen LogP contribution in [0.3, 0.4) is 0 Å². The van der Waals surface area contributed by atoms with Gasteiger partial charge >= 0.3 is 5.97 Å². The Morgan fingerprint density at radius 2 is 2.22 bits per heavy atom. The third-order valence-electron chi connectivity index (χ3n) is 2.18. The van der Waals surface area contributed by atoms with E-state index in [-0.39, 0.29) is 18.3 Å². The monoisotopic (exact) mass is 251 g/mol. The van der Waals surface area contributed by atoms with Crippen LogP contribution in [0.4, 0.5) is 5.69 Å². The highest BCUT2D eigenvalue weighted by Gasteiger charge is 2.05. The van der Waals surface area contributed by atoms with Crippen LogP contribution in [0.25, 0.3) is 0 Å². The first-order chi connectivity index (χ1) is 8.67. The number of aromatic nitrogens is 1. The van der Waals surface area contributed by atoms with E-state index < -0.39 is 0 Å². The largest absolute Gasteiger partial charge is 0.466 e. The number of anilines is 1. The zero-order valence-corrected chi connectivity index (χ0v) is 10.5. The van der Waals surface area contributed by atoms with Gasteiger partial charge in [0.05, 0.1) is 13.0 Å². The first kappa shape index (κ1) is 14.0. The SMILES string of the molecule is CCOC(=O)CCNc1ccnc(C(=O)NC)c1. The fourth-order valence-corrected chi connectivity index (χ4v) is 1.33. The molecule has 0 atom stereocenters. The zero-order valence-electron chi connectivity index (χ0n) is 10.5. The molecule has 1 aromatic rings. The number of carbonyl (C=O) groups excluding carboxylic acids is 2. The summed E-state index contributed by atoms with van der Waals surface area (Å²) in [6.07, 6.45) is 1.82. The molecule has 0 spiro atoms. The number of ether oxygens (including phenoxy) is 1. The van der Waals surface area contributed by atoms with Crippen LogP contribution < -0.4 is 10.6 Å². The lowest BCUT2D eigenvalue weighted by molar-refractivity contribution is -0.142. The van der Waals surface area contributed by atoms with E-state index >= 15 is 0 Å². The van der Waals surface area contributed by atoms with Crippen LogP contribution in [0.2, 0.25) is 0 Å². The van der Waals surface area contributed by atoms with Gasteiger partial charge in [0.15, 0.2) is 0 Å². The number of nitrogens with zero attached hydrogens (tertiary/aromatic N) is 1. The highest BCUT2D eigenvalue weighted by molar-refractivity contribution is 5.92. The number of amides is 1. The number of esters is 1. The second kappa shape index (κ2) is 7.26. The lowest BCUT2D eigenvalue weighted by atomic mass is 10.3. The van der Waals surface area contributed by atoms with Crippen LogP contribution in [0.1, 0.15) is 23.8 Å². The third-order valence-corrected chi connectivity index (χ3v) is 2.18. The lowest BCUT2D eigenvalue weighted by Crippen LogP contribution is -2.19. The highest BCUT2D eigenvalue weighted by Crippen LogP contribution is 2.07. The number of nitrogens with one attached hydrogen (secondary N) is 2. The fraction of sp³-hybridized carbons (Fsp3) is 0.417. The second-order valence-electron chi connectivity index (χ2n) is 3.49. The van der Waals surface area contributed by atoms with Crippen molar-refractivity contribution < 1.29 is 14.3 Å². The Hall–Kier alpha value is -2.11. The molecule has 0 radical (unpaired) electrons. The summed E-state index contributed by atoms with van der Waals surface area (Å²) in [4.78, 5) is 26.4. The maximum absolute atomic E-state index is 11.4. The van der Waals surface area contributed by atoms with Gasteiger partial charge in [-0.2, -0.15) is 0 Å². The van der Waals surface area contributed by atoms with E-state index in [4.69, 9.17) is 4.74 Å². The van der Waals surface area contributed by atoms with E-state index in [0.29, 0.717) is 18.8 Å². The number of rotatable bonds is 6. The van der Waals surface area contributed by atoms with Crippen molar-refractivity contribution >= 4 is 17.6 Å². The Bertz CT molecular complexity index is 421. The van der Waals surface area contributed by atoms with Crippen LogP contribution in [0, 0.1) is 0 Å². The van der Waals surface area contributed by atoms with Crippen molar-refractivity contribution in [2.45, 2.75) is 13.3 Å². The maximum atomic E-state index is 11.4. The van der Waals surface area contributed by atoms with E-state index in [0.717, 1.165) is 5.69 Å². The normalized spacial score (nSPS) is 9.67. The van der Waals surface area contributed by atoms with Crippen molar-refractivity contribution in [1.82, 2.24) is 10.3 Å². The van der Waals surface area contributed by atoms with Crippen molar-refractivity contribution in [2.75, 3.05) is 25.5 Å². The Balaban J connectivity index is 2.47. The van der Waals surface area contributed by atoms with Crippen molar-refractivity contribution in [1.29, 1.82) is 0 Å². The number of pyridine rings is 1. The van der Waals surface area contributed by atoms with Crippen molar-refractivity contribution in [3.63, 3.8) is 0 Å². The van der Waals surface area contributed by atoms with Gasteiger partial charge in [-0.3, -0.25) is 14.6 Å². The lowest BCUT2D eigenvalue weighted by Gasteiger charge is -2.07. The van der Waals surface area contributed by atoms with Crippen LogP contribution >= 0.6 is 0 Å². The minimum absolute atomic E-state index is 0.245. The molecule has 98 valence electrons. The van der Waals surface area contributed by atoms with Crippen LogP contribution in [-0.4, -0.2) is 37.1 Å². The summed E-state index contributed by atoms with van der Waals surface area (Å²) in [5.74, 6) is -0.491. The van der Waals surface area contributed by atoms with Crippen LogP contribution in [-0.2, 0) is 9.53 Å². The molecule has 1 rings (SSSR count). The predicted octanol–water partition coefficient (Wildman–Crippen LogP) is 0.806. The quantitative estimate of drug-likeness (QED) is 0.731. The standard InChI is InChI=1S/C12H17N3O3/c1-3-18-11(16)5-7-14-9-4-6-15-10(8-9)12(17)13-2/h4,6,8H,3,5,7H2,1-2H3,(H,13,17)(H,14,15). The number of hydrogen-bond acceptors (Lipinski definition) is 5. The third kappa shape index (κ3) is 4.40. The molecule has 0 unspecified atom stereocenters. The van der Waals surface area contributed by atoms with Gasteiger partial charge in [-0.05, 0) is 19.1 Å². The first-order valence-corrected chi connectivity index (χ1v) is 5.75. The molecule has 2 N–H and O–H groups in total. The Morgan fingerprint density at radius 1 is 1.44 bits per heavy atom. The highest BCUT2D eigenvalue weighted by atomic mass is 16.5. The van der Waals surface area contributed by atoms with Gasteiger partial charge in [0.25, 0.3) is 5.91 Å². The summed E-state index contributed by atoms with van der Waals surface area (Å²) in [6.45, 7) is 2.61. The van der Waals surface area contributed by atoms with Gasteiger partial charge in [-0.25, -0.2) is 0 Å². The molecule has 0 aromatic carbocycles. The molecule has 6 nitrogen and oxygen atoms in total. The number of carbonyl (C=O) groups is 2. The molecule has 1 amide bonds. The van der Waals surface area contributed by atoms with Gasteiger partial charge in [0, 0.05) is 25.5 Å². The van der Waals surface area contributed by atoms with Gasteiger partial charge in [-0.15, -0.1) is 0 Å². The smallest absolute Gasteiger partial charge is 0.307 e. The summed E-state index contributed by atoms with van der Waals surface area (Å²) >= 11 is 0. The van der Waals surface area contributed by atoms with E-state index in [2.05, 4.69) is 15.6 Å². The summed E-state index contributed by atoms with van der Waals surface area (Å²) in [5, 5.41) is 5.53. The molecule has 0 saturated heterocycles. The predicted molar refractivity (Wildman–Crippen MR) is 67.4 cm³/mol. The topological polar surface area (TPSA) is 80.3 Å². The second-order valence-corrected chi connectivity index (χ2v) is 3.49. The van der Waals surface area contributed by atoms with E-state index in [9.17, 15) is 9.59 Å². The zero-order chi connectivity index (χ0) is 13.4. The Kier molecular flexibility index (Phi) is 5.63. The van der Waals surface area contributed by atoms with Crippen LogP contribution in [0.15, 0.2) is 18.3 Å². The van der Waals surface area contributed by atoms with Crippen molar-refractivity contribution in [2.24, 2.45) is 0 Å². The molecule has 0 aliphatic carbocycles. The average molecular weight is 251 g/mol. The first-order valence-electron chi connectivity index (χ1n) is 5.75. The fourth-order valence-electron chi connectivity index (χ4n) is 1.33. The summed E-state index contributed by atoms with van der Waals surface area (Å²) in [6, 6.07) is 3.36. The summed E-state index contributed by atoms with van der Waals surface area (Å²) in [7, 11) is 1.55. The molecule has 1 aromatic heterocycles. The molecule has 0 aliphatic heterocycles. The molecule has 18 heavy (non-hydrogen) atoms. The van der Waals surface area contributed by atoms with E-state index in [1.165, 1.54) is 6.20 Å². The van der Waals surface area contributed by atoms with Crippen LogP contribution in [0.5, 0.6) is 0 Å². The summed E-state index contributed by atoms with van der Waals surface area (Å²) in [5.41, 5.74) is 1.08. The van der Waals surface area contributed by atoms with Gasteiger partial charge in [-0.1, -0.05) is 0 Å². The van der Waals surface area contributed by atoms with Gasteiger partial charge in [0.2, 0.25) is 0 Å². The Morgan fingerprint density at radius 3 is 2.89 bits per heavy atom. The Labute approximate surface area is 106 Å². The summed E-state index contributed by atoms with van der Waals surface area (Å²) < 4.78 is 4.80. The van der Waals surface area contributed by atoms with E-state index in [1.54, 1.807) is 26.1 Å². The van der Waals surface area contributed by atoms with Crippen molar-refractivity contribution in [3.05, 3.63) is 24.0 Å². The number of hydrogen-bond donors (Lipinski definition) is 2. The van der Waals surface area contributed by atoms with Gasteiger partial charge in [0.1, 0.15) is 5.69 Å². The molecule has 0 fully saturated rings. The van der Waals surface area contributed by atoms with Gasteiger partial charge < -0.3 is 15.4 Å². The molecule has 0 bridgehead atoms.